The standard InChI is InChI=1S/C27H24F3N4O4P/c1-33-21-11-20(23-16(26(33)35)5-4-6-22(23)38-27(29)30)34-19-10-14(7-8-18(19)32-24(21)34)15-9-17(28)25(31-12-15)37-13-39(2,3)36/h4-10,12,20-21,27H,11,13H2,1-3H3/t20-,21-/m1/s1. The van der Waals surface area contributed by atoms with Gasteiger partial charge in [0.1, 0.15) is 25.1 Å². The molecule has 0 unspecified atom stereocenters. The number of carbonyl (C=O) groups is 1. The molecule has 2 aliphatic heterocycles. The van der Waals surface area contributed by atoms with E-state index in [9.17, 15) is 22.5 Å². The first-order valence-corrected chi connectivity index (χ1v) is 15.0. The summed E-state index contributed by atoms with van der Waals surface area (Å²) in [6.07, 6.45) is 1.79. The molecule has 1 amide bonds. The molecular formula is C27H24F3N4O4P. The van der Waals surface area contributed by atoms with Crippen molar-refractivity contribution in [1.29, 1.82) is 0 Å². The average Bonchev–Trinajstić information content (AvgIpc) is 3.40. The molecule has 0 spiro atoms. The molecule has 4 aromatic rings. The number of carbonyl (C=O) groups excluding carboxylic acids is 1. The molecule has 39 heavy (non-hydrogen) atoms. The Bertz CT molecular complexity index is 1690. The van der Waals surface area contributed by atoms with Crippen molar-refractivity contribution in [2.24, 2.45) is 0 Å². The number of aromatic nitrogens is 3. The summed E-state index contributed by atoms with van der Waals surface area (Å²) in [5, 5.41) is 0. The fraction of sp³-hybridized carbons (Fsp3) is 0.296. The number of imidazole rings is 1. The van der Waals surface area contributed by atoms with Gasteiger partial charge in [0.05, 0.1) is 23.1 Å². The molecule has 0 aliphatic carbocycles. The third-order valence-electron chi connectivity index (χ3n) is 7.06. The highest BCUT2D eigenvalue weighted by Crippen LogP contribution is 2.50. The second kappa shape index (κ2) is 9.12. The van der Waals surface area contributed by atoms with Gasteiger partial charge in [-0.05, 0) is 49.2 Å². The maximum atomic E-state index is 14.8. The summed E-state index contributed by atoms with van der Waals surface area (Å²) >= 11 is 0. The van der Waals surface area contributed by atoms with Gasteiger partial charge in [0.2, 0.25) is 0 Å². The molecule has 0 saturated carbocycles. The van der Waals surface area contributed by atoms with Gasteiger partial charge >= 0.3 is 6.61 Å². The van der Waals surface area contributed by atoms with Crippen LogP contribution in [-0.4, -0.2) is 58.7 Å². The molecule has 8 nitrogen and oxygen atoms in total. The van der Waals surface area contributed by atoms with Crippen LogP contribution in [0.1, 0.15) is 40.3 Å². The Morgan fingerprint density at radius 1 is 1.13 bits per heavy atom. The van der Waals surface area contributed by atoms with E-state index < -0.39 is 25.6 Å². The second-order valence-corrected chi connectivity index (χ2v) is 13.6. The number of nitrogens with zero attached hydrogens (tertiary/aromatic N) is 4. The van der Waals surface area contributed by atoms with Crippen LogP contribution < -0.4 is 9.47 Å². The molecule has 2 aromatic heterocycles. The number of ether oxygens (including phenoxy) is 2. The van der Waals surface area contributed by atoms with Crippen molar-refractivity contribution in [3.63, 3.8) is 0 Å². The van der Waals surface area contributed by atoms with Gasteiger partial charge in [-0.15, -0.1) is 0 Å². The average molecular weight is 556 g/mol. The minimum atomic E-state index is -3.05. The van der Waals surface area contributed by atoms with Crippen molar-refractivity contribution in [2.45, 2.75) is 25.1 Å². The zero-order valence-electron chi connectivity index (χ0n) is 21.3. The van der Waals surface area contributed by atoms with E-state index in [-0.39, 0.29) is 29.9 Å². The van der Waals surface area contributed by atoms with Gasteiger partial charge in [0, 0.05) is 36.4 Å². The van der Waals surface area contributed by atoms with E-state index in [0.29, 0.717) is 45.5 Å². The summed E-state index contributed by atoms with van der Waals surface area (Å²) in [5.74, 6) is -0.615. The fourth-order valence-corrected chi connectivity index (χ4v) is 5.80. The van der Waals surface area contributed by atoms with Gasteiger partial charge in [-0.1, -0.05) is 12.1 Å². The van der Waals surface area contributed by atoms with Gasteiger partial charge < -0.3 is 23.5 Å². The van der Waals surface area contributed by atoms with Crippen LogP contribution in [0.15, 0.2) is 48.7 Å². The summed E-state index contributed by atoms with van der Waals surface area (Å²) in [6.45, 7) is 0.0416. The molecule has 6 rings (SSSR count). The number of hydrogen-bond acceptors (Lipinski definition) is 6. The monoisotopic (exact) mass is 556 g/mol. The molecule has 0 N–H and O–H groups in total. The number of benzene rings is 2. The molecule has 0 saturated heterocycles. The molecule has 4 heterocycles. The van der Waals surface area contributed by atoms with Crippen LogP contribution >= 0.6 is 7.14 Å². The van der Waals surface area contributed by atoms with Crippen molar-refractivity contribution in [2.75, 3.05) is 26.7 Å². The molecule has 2 bridgehead atoms. The van der Waals surface area contributed by atoms with Crippen LogP contribution in [0.3, 0.4) is 0 Å². The SMILES string of the molecule is CN1C(=O)c2cccc(OC(F)F)c2[C@H]2C[C@@H]1c1nc3ccc(-c4cnc(OCP(C)(C)=O)c(F)c4)cc3n12. The Morgan fingerprint density at radius 3 is 2.64 bits per heavy atom. The smallest absolute Gasteiger partial charge is 0.387 e. The first kappa shape index (κ1) is 25.4. The van der Waals surface area contributed by atoms with Crippen LogP contribution in [0.5, 0.6) is 11.6 Å². The summed E-state index contributed by atoms with van der Waals surface area (Å²) < 4.78 is 65.4. The number of halogens is 3. The highest BCUT2D eigenvalue weighted by atomic mass is 31.2. The van der Waals surface area contributed by atoms with Crippen molar-refractivity contribution in [1.82, 2.24) is 19.4 Å². The van der Waals surface area contributed by atoms with Crippen LogP contribution in [-0.2, 0) is 4.57 Å². The zero-order valence-corrected chi connectivity index (χ0v) is 22.2. The summed E-state index contributed by atoms with van der Waals surface area (Å²) in [4.78, 5) is 23.7. The van der Waals surface area contributed by atoms with Crippen molar-refractivity contribution < 1.29 is 32.0 Å². The lowest BCUT2D eigenvalue weighted by atomic mass is 9.97. The first-order chi connectivity index (χ1) is 18.5. The largest absolute Gasteiger partial charge is 0.468 e. The third kappa shape index (κ3) is 4.34. The van der Waals surface area contributed by atoms with E-state index in [1.807, 2.05) is 10.6 Å². The number of amides is 1. The molecule has 0 radical (unpaired) electrons. The van der Waals surface area contributed by atoms with Gasteiger partial charge in [-0.25, -0.2) is 14.4 Å². The molecule has 2 atom stereocenters. The maximum absolute atomic E-state index is 14.8. The summed E-state index contributed by atoms with van der Waals surface area (Å²) in [7, 11) is -0.843. The summed E-state index contributed by atoms with van der Waals surface area (Å²) in [6, 6.07) is 10.4. The van der Waals surface area contributed by atoms with E-state index in [1.165, 1.54) is 24.4 Å². The van der Waals surface area contributed by atoms with Gasteiger partial charge in [-0.2, -0.15) is 8.78 Å². The van der Waals surface area contributed by atoms with Crippen LogP contribution in [0.4, 0.5) is 13.2 Å². The first-order valence-electron chi connectivity index (χ1n) is 12.2. The van der Waals surface area contributed by atoms with Gasteiger partial charge in [0.25, 0.3) is 11.8 Å². The molecule has 2 aliphatic rings. The van der Waals surface area contributed by atoms with Crippen LogP contribution in [0.2, 0.25) is 0 Å². The number of rotatable bonds is 6. The highest BCUT2D eigenvalue weighted by Gasteiger charge is 2.45. The van der Waals surface area contributed by atoms with E-state index in [4.69, 9.17) is 14.5 Å². The van der Waals surface area contributed by atoms with E-state index in [0.717, 1.165) is 0 Å². The van der Waals surface area contributed by atoms with Gasteiger partial charge in [-0.3, -0.25) is 4.79 Å². The van der Waals surface area contributed by atoms with Crippen LogP contribution in [0, 0.1) is 5.82 Å². The predicted molar refractivity (Wildman–Crippen MR) is 139 cm³/mol. The van der Waals surface area contributed by atoms with Crippen molar-refractivity contribution in [3.8, 4) is 22.8 Å². The van der Waals surface area contributed by atoms with E-state index in [2.05, 4.69) is 4.98 Å². The topological polar surface area (TPSA) is 86.6 Å². The molecule has 12 heteroatoms. The van der Waals surface area contributed by atoms with Gasteiger partial charge in [0.15, 0.2) is 5.82 Å². The number of fused-ring (bicyclic) bond motifs is 9. The highest BCUT2D eigenvalue weighted by molar-refractivity contribution is 7.62. The Balaban J connectivity index is 1.46. The normalized spacial score (nSPS) is 18.3. The second-order valence-electron chi connectivity index (χ2n) is 10.2. The zero-order chi connectivity index (χ0) is 27.6. The predicted octanol–water partition coefficient (Wildman–Crippen LogP) is 5.92. The van der Waals surface area contributed by atoms with Crippen LogP contribution in [0.25, 0.3) is 22.2 Å². The minimum absolute atomic E-state index is 0.0497. The molecular weight excluding hydrogens is 532 g/mol. The lowest BCUT2D eigenvalue weighted by Crippen LogP contribution is -2.30. The molecule has 202 valence electrons. The number of hydrogen-bond donors (Lipinski definition) is 0. The quantitative estimate of drug-likeness (QED) is 0.274. The van der Waals surface area contributed by atoms with Crippen molar-refractivity contribution >= 4 is 24.1 Å². The molecule has 0 fully saturated rings. The number of alkyl halides is 2. The minimum Gasteiger partial charge on any atom is -0.468 e. The third-order valence-corrected chi connectivity index (χ3v) is 7.81. The maximum Gasteiger partial charge on any atom is 0.387 e. The van der Waals surface area contributed by atoms with Crippen molar-refractivity contribution in [3.05, 3.63) is 71.4 Å². The Labute approximate surface area is 221 Å². The Hall–Kier alpha value is -3.85. The Kier molecular flexibility index (Phi) is 5.95. The Morgan fingerprint density at radius 2 is 1.92 bits per heavy atom. The number of pyridine rings is 1. The fourth-order valence-electron chi connectivity index (χ4n) is 5.36. The lowest BCUT2D eigenvalue weighted by molar-refractivity contribution is -0.0507. The lowest BCUT2D eigenvalue weighted by Gasteiger charge is -2.24. The molecule has 2 aromatic carbocycles. The van der Waals surface area contributed by atoms with E-state index in [1.54, 1.807) is 43.5 Å². The van der Waals surface area contributed by atoms with E-state index >= 15 is 0 Å². The summed E-state index contributed by atoms with van der Waals surface area (Å²) in [5.41, 5.74) is 3.18.